The van der Waals surface area contributed by atoms with E-state index in [0.717, 1.165) is 5.69 Å². The number of nitrogens with one attached hydrogen (secondary N) is 3. The number of amides is 1. The molecule has 0 aliphatic rings. The molecule has 1 atom stereocenters. The van der Waals surface area contributed by atoms with Crippen LogP contribution in [0.1, 0.15) is 26.5 Å². The summed E-state index contributed by atoms with van der Waals surface area (Å²) in [6.07, 6.45) is 0. The van der Waals surface area contributed by atoms with Crippen molar-refractivity contribution in [2.45, 2.75) is 39.8 Å². The molecule has 1 aromatic rings. The van der Waals surface area contributed by atoms with Gasteiger partial charge in [-0.15, -0.1) is 0 Å². The Hall–Kier alpha value is -1.89. The van der Waals surface area contributed by atoms with Crippen LogP contribution in [0.5, 0.6) is 0 Å². The highest BCUT2D eigenvalue weighted by Crippen LogP contribution is 2.09. The predicted molar refractivity (Wildman–Crippen MR) is 70.9 cm³/mol. The van der Waals surface area contributed by atoms with Gasteiger partial charge in [-0.05, 0) is 27.7 Å². The quantitative estimate of drug-likeness (QED) is 0.446. The Kier molecular flexibility index (Phi) is 4.85. The van der Waals surface area contributed by atoms with Crippen molar-refractivity contribution in [1.82, 2.24) is 15.3 Å². The first-order valence-corrected chi connectivity index (χ1v) is 5.81. The summed E-state index contributed by atoms with van der Waals surface area (Å²) < 4.78 is 0. The third kappa shape index (κ3) is 4.17. The van der Waals surface area contributed by atoms with E-state index >= 15 is 0 Å². The van der Waals surface area contributed by atoms with E-state index in [0.29, 0.717) is 11.8 Å². The van der Waals surface area contributed by atoms with E-state index in [9.17, 15) is 4.79 Å². The van der Waals surface area contributed by atoms with Crippen molar-refractivity contribution in [3.63, 3.8) is 0 Å². The van der Waals surface area contributed by atoms with Crippen LogP contribution in [0.3, 0.4) is 0 Å². The highest BCUT2D eigenvalue weighted by atomic mass is 16.2. The summed E-state index contributed by atoms with van der Waals surface area (Å²) in [5, 5.41) is 5.82. The normalized spacial score (nSPS) is 12.1. The zero-order chi connectivity index (χ0) is 13.7. The second-order valence-corrected chi connectivity index (χ2v) is 4.39. The average Bonchev–Trinajstić information content (AvgIpc) is 2.27. The number of aromatic nitrogens is 2. The second kappa shape index (κ2) is 6.15. The van der Waals surface area contributed by atoms with E-state index in [4.69, 9.17) is 5.84 Å². The third-order valence-corrected chi connectivity index (χ3v) is 2.17. The van der Waals surface area contributed by atoms with Crippen LogP contribution in [-0.2, 0) is 4.79 Å². The Morgan fingerprint density at radius 1 is 1.33 bits per heavy atom. The van der Waals surface area contributed by atoms with E-state index in [1.54, 1.807) is 13.0 Å². The molecule has 7 heteroatoms. The summed E-state index contributed by atoms with van der Waals surface area (Å²) in [5.41, 5.74) is 3.14. The highest BCUT2D eigenvalue weighted by Gasteiger charge is 2.14. The van der Waals surface area contributed by atoms with Gasteiger partial charge in [0.25, 0.3) is 0 Å². The summed E-state index contributed by atoms with van der Waals surface area (Å²) in [4.78, 5) is 19.9. The lowest BCUT2D eigenvalue weighted by atomic mass is 10.2. The van der Waals surface area contributed by atoms with Gasteiger partial charge in [-0.2, -0.15) is 4.98 Å². The van der Waals surface area contributed by atoms with Gasteiger partial charge in [0.2, 0.25) is 11.9 Å². The maximum absolute atomic E-state index is 11.7. The van der Waals surface area contributed by atoms with Crippen LogP contribution in [0.2, 0.25) is 0 Å². The number of carbonyl (C=O) groups is 1. The molecule has 18 heavy (non-hydrogen) atoms. The van der Waals surface area contributed by atoms with Crippen LogP contribution in [0.15, 0.2) is 6.07 Å². The number of nitrogen functional groups attached to an aromatic ring is 1. The molecule has 1 amide bonds. The van der Waals surface area contributed by atoms with Gasteiger partial charge in [-0.25, -0.2) is 10.8 Å². The number of hydrogen-bond acceptors (Lipinski definition) is 6. The lowest BCUT2D eigenvalue weighted by molar-refractivity contribution is -0.122. The molecule has 1 aromatic heterocycles. The average molecular weight is 252 g/mol. The van der Waals surface area contributed by atoms with Crippen molar-refractivity contribution in [2.75, 3.05) is 10.7 Å². The molecule has 0 saturated heterocycles. The number of anilines is 2. The summed E-state index contributed by atoms with van der Waals surface area (Å²) in [7, 11) is 0. The third-order valence-electron chi connectivity index (χ3n) is 2.17. The molecule has 5 N–H and O–H groups in total. The number of nitrogens with two attached hydrogens (primary N) is 1. The van der Waals surface area contributed by atoms with E-state index in [1.807, 2.05) is 20.8 Å². The summed E-state index contributed by atoms with van der Waals surface area (Å²) >= 11 is 0. The fourth-order valence-electron chi connectivity index (χ4n) is 1.40. The topological polar surface area (TPSA) is 105 Å². The van der Waals surface area contributed by atoms with E-state index in [-0.39, 0.29) is 18.0 Å². The van der Waals surface area contributed by atoms with Crippen LogP contribution in [-0.4, -0.2) is 28.0 Å². The summed E-state index contributed by atoms with van der Waals surface area (Å²) in [5.74, 6) is 6.05. The molecule has 0 fully saturated rings. The number of aryl methyl sites for hydroxylation is 1. The van der Waals surface area contributed by atoms with E-state index in [1.165, 1.54) is 0 Å². The van der Waals surface area contributed by atoms with Crippen LogP contribution in [0.4, 0.5) is 11.8 Å². The Bertz CT molecular complexity index is 420. The molecular weight excluding hydrogens is 232 g/mol. The molecule has 0 aliphatic carbocycles. The van der Waals surface area contributed by atoms with Crippen molar-refractivity contribution < 1.29 is 4.79 Å². The van der Waals surface area contributed by atoms with Crippen molar-refractivity contribution >= 4 is 17.7 Å². The minimum absolute atomic E-state index is 0.0801. The molecule has 7 nitrogen and oxygen atoms in total. The fraction of sp³-hybridized carbons (Fsp3) is 0.545. The Morgan fingerprint density at radius 3 is 2.56 bits per heavy atom. The second-order valence-electron chi connectivity index (χ2n) is 4.39. The molecule has 0 spiro atoms. The molecule has 100 valence electrons. The maximum atomic E-state index is 11.7. The van der Waals surface area contributed by atoms with Gasteiger partial charge in [-0.1, -0.05) is 0 Å². The number of carbonyl (C=O) groups excluding carboxylic acids is 1. The molecule has 0 saturated carbocycles. The van der Waals surface area contributed by atoms with Gasteiger partial charge in [0.05, 0.1) is 0 Å². The largest absolute Gasteiger partial charge is 0.358 e. The van der Waals surface area contributed by atoms with Crippen LogP contribution in [0.25, 0.3) is 0 Å². The lowest BCUT2D eigenvalue weighted by Crippen LogP contribution is -2.41. The minimum atomic E-state index is -0.382. The molecule has 0 aliphatic heterocycles. The first-order valence-electron chi connectivity index (χ1n) is 5.81. The summed E-state index contributed by atoms with van der Waals surface area (Å²) in [6.45, 7) is 7.42. The smallest absolute Gasteiger partial charge is 0.242 e. The zero-order valence-corrected chi connectivity index (χ0v) is 11.1. The Balaban J connectivity index is 2.72. The fourth-order valence-corrected chi connectivity index (χ4v) is 1.40. The van der Waals surface area contributed by atoms with Crippen molar-refractivity contribution in [3.8, 4) is 0 Å². The lowest BCUT2D eigenvalue weighted by Gasteiger charge is -2.17. The minimum Gasteiger partial charge on any atom is -0.358 e. The first kappa shape index (κ1) is 14.2. The molecule has 0 bridgehead atoms. The summed E-state index contributed by atoms with van der Waals surface area (Å²) in [6, 6.07) is 1.47. The number of hydrogen-bond donors (Lipinski definition) is 4. The number of rotatable bonds is 5. The zero-order valence-electron chi connectivity index (χ0n) is 11.1. The Labute approximate surface area is 107 Å². The van der Waals surface area contributed by atoms with E-state index < -0.39 is 0 Å². The van der Waals surface area contributed by atoms with Crippen molar-refractivity contribution in [1.29, 1.82) is 0 Å². The van der Waals surface area contributed by atoms with Gasteiger partial charge >= 0.3 is 0 Å². The molecule has 1 rings (SSSR count). The Morgan fingerprint density at radius 2 is 2.00 bits per heavy atom. The highest BCUT2D eigenvalue weighted by molar-refractivity contribution is 5.84. The van der Waals surface area contributed by atoms with E-state index in [2.05, 4.69) is 26.0 Å². The van der Waals surface area contributed by atoms with Gasteiger partial charge in [0.1, 0.15) is 11.9 Å². The monoisotopic (exact) mass is 252 g/mol. The SMILES string of the molecule is Cc1cc(NC(C)C(=O)NC(C)C)nc(NN)n1. The molecule has 1 unspecified atom stereocenters. The van der Waals surface area contributed by atoms with Gasteiger partial charge in [-0.3, -0.25) is 10.2 Å². The molecular formula is C11H20N6O. The first-order chi connectivity index (χ1) is 8.42. The molecule has 1 heterocycles. The van der Waals surface area contributed by atoms with Crippen molar-refractivity contribution in [3.05, 3.63) is 11.8 Å². The predicted octanol–water partition coefficient (Wildman–Crippen LogP) is 0.396. The van der Waals surface area contributed by atoms with Gasteiger partial charge < -0.3 is 10.6 Å². The van der Waals surface area contributed by atoms with Crippen LogP contribution >= 0.6 is 0 Å². The molecule has 0 aromatic carbocycles. The van der Waals surface area contributed by atoms with Gasteiger partial charge in [0.15, 0.2) is 0 Å². The number of hydrazine groups is 1. The standard InChI is InChI=1S/C11H20N6O/c1-6(2)13-10(18)8(4)15-9-5-7(3)14-11(16-9)17-12/h5-6,8H,12H2,1-4H3,(H,13,18)(H2,14,15,16,17). The van der Waals surface area contributed by atoms with Crippen LogP contribution in [0, 0.1) is 6.92 Å². The van der Waals surface area contributed by atoms with Gasteiger partial charge in [0, 0.05) is 17.8 Å². The maximum Gasteiger partial charge on any atom is 0.242 e. The van der Waals surface area contributed by atoms with Crippen LogP contribution < -0.4 is 21.9 Å². The van der Waals surface area contributed by atoms with Crippen molar-refractivity contribution in [2.24, 2.45) is 5.84 Å². The molecule has 0 radical (unpaired) electrons. The number of nitrogens with zero attached hydrogens (tertiary/aromatic N) is 2.